The maximum Gasteiger partial charge on any atom is 0.255 e. The Bertz CT molecular complexity index is 704. The molecule has 1 amide bonds. The van der Waals surface area contributed by atoms with Crippen LogP contribution in [0.15, 0.2) is 54.6 Å². The van der Waals surface area contributed by atoms with Gasteiger partial charge < -0.3 is 5.11 Å². The molecular formula is C19H20ClNO2. The highest BCUT2D eigenvalue weighted by molar-refractivity contribution is 6.39. The van der Waals surface area contributed by atoms with E-state index in [1.807, 2.05) is 61.5 Å². The lowest BCUT2D eigenvalue weighted by Crippen LogP contribution is -2.51. The van der Waals surface area contributed by atoms with Crippen LogP contribution in [0.25, 0.3) is 0 Å². The predicted octanol–water partition coefficient (Wildman–Crippen LogP) is 4.57. The minimum Gasteiger partial charge on any atom is -0.386 e. The van der Waals surface area contributed by atoms with E-state index in [1.54, 1.807) is 4.90 Å². The van der Waals surface area contributed by atoms with Gasteiger partial charge in [0.05, 0.1) is 5.69 Å². The second-order valence-corrected chi connectivity index (χ2v) is 6.58. The fourth-order valence-electron chi connectivity index (χ4n) is 3.09. The molecule has 0 aromatic heterocycles. The third kappa shape index (κ3) is 2.64. The molecule has 23 heavy (non-hydrogen) atoms. The van der Waals surface area contributed by atoms with Gasteiger partial charge in [-0.25, -0.2) is 0 Å². The maximum absolute atomic E-state index is 13.2. The Morgan fingerprint density at radius 1 is 1.13 bits per heavy atom. The molecule has 120 valence electrons. The van der Waals surface area contributed by atoms with Crippen molar-refractivity contribution in [3.05, 3.63) is 60.2 Å². The highest BCUT2D eigenvalue weighted by Gasteiger charge is 2.51. The summed E-state index contributed by atoms with van der Waals surface area (Å²) in [5.74, 6) is -0.259. The Morgan fingerprint density at radius 2 is 1.78 bits per heavy atom. The molecule has 3 rings (SSSR count). The summed E-state index contributed by atoms with van der Waals surface area (Å²) in [6.07, 6.45) is 1.15. The van der Waals surface area contributed by atoms with Crippen molar-refractivity contribution < 1.29 is 9.90 Å². The SMILES string of the molecule is CCCC[C@]1(Cl)C(=O)N(c2ccccc2)c2ccccc2[C@H]1O. The van der Waals surface area contributed by atoms with E-state index in [0.717, 1.165) is 18.5 Å². The topological polar surface area (TPSA) is 40.5 Å². The summed E-state index contributed by atoms with van der Waals surface area (Å²) < 4.78 is 0. The van der Waals surface area contributed by atoms with E-state index in [9.17, 15) is 9.90 Å². The van der Waals surface area contributed by atoms with Gasteiger partial charge in [0, 0.05) is 11.3 Å². The first-order valence-electron chi connectivity index (χ1n) is 7.95. The number of rotatable bonds is 4. The molecule has 0 radical (unpaired) electrons. The summed E-state index contributed by atoms with van der Waals surface area (Å²) in [6, 6.07) is 16.8. The van der Waals surface area contributed by atoms with Gasteiger partial charge in [-0.2, -0.15) is 0 Å². The van der Waals surface area contributed by atoms with Gasteiger partial charge in [0.25, 0.3) is 5.91 Å². The maximum atomic E-state index is 13.2. The molecule has 3 nitrogen and oxygen atoms in total. The number of amides is 1. The number of aliphatic hydroxyl groups excluding tert-OH is 1. The first-order chi connectivity index (χ1) is 11.1. The molecule has 4 heteroatoms. The largest absolute Gasteiger partial charge is 0.386 e. The molecule has 2 aromatic rings. The average Bonchev–Trinajstić information content (AvgIpc) is 2.59. The molecule has 1 aliphatic heterocycles. The molecule has 1 N–H and O–H groups in total. The molecular weight excluding hydrogens is 310 g/mol. The quantitative estimate of drug-likeness (QED) is 0.835. The zero-order chi connectivity index (χ0) is 16.4. The molecule has 1 aliphatic rings. The third-order valence-electron chi connectivity index (χ3n) is 4.37. The van der Waals surface area contributed by atoms with Gasteiger partial charge in [-0.05, 0) is 24.6 Å². The number of aliphatic hydroxyl groups is 1. The Kier molecular flexibility index (Phi) is 4.42. The molecule has 2 aromatic carbocycles. The number of halogens is 1. The van der Waals surface area contributed by atoms with E-state index in [0.29, 0.717) is 17.7 Å². The van der Waals surface area contributed by atoms with Crippen LogP contribution < -0.4 is 4.90 Å². The standard InChI is InChI=1S/C19H20ClNO2/c1-2-3-13-19(20)17(22)15-11-7-8-12-16(15)21(18(19)23)14-9-5-4-6-10-14/h4-12,17,22H,2-3,13H2,1H3/t17-,19-/m1/s1. The van der Waals surface area contributed by atoms with E-state index in [2.05, 4.69) is 0 Å². The van der Waals surface area contributed by atoms with E-state index >= 15 is 0 Å². The van der Waals surface area contributed by atoms with Gasteiger partial charge in [-0.15, -0.1) is 11.6 Å². The third-order valence-corrected chi connectivity index (χ3v) is 4.93. The molecule has 0 fully saturated rings. The number of nitrogens with zero attached hydrogens (tertiary/aromatic N) is 1. The Hall–Kier alpha value is -1.84. The van der Waals surface area contributed by atoms with Crippen LogP contribution in [-0.4, -0.2) is 15.9 Å². The van der Waals surface area contributed by atoms with Gasteiger partial charge >= 0.3 is 0 Å². The van der Waals surface area contributed by atoms with Crippen LogP contribution in [0.5, 0.6) is 0 Å². The number of carbonyl (C=O) groups excluding carboxylic acids is 1. The van der Waals surface area contributed by atoms with Gasteiger partial charge in [0.2, 0.25) is 0 Å². The molecule has 1 heterocycles. The lowest BCUT2D eigenvalue weighted by Gasteiger charge is -2.42. The summed E-state index contributed by atoms with van der Waals surface area (Å²) in [4.78, 5) is 13.5. The lowest BCUT2D eigenvalue weighted by molar-refractivity contribution is -0.124. The second kappa shape index (κ2) is 6.34. The van der Waals surface area contributed by atoms with Gasteiger partial charge in [-0.1, -0.05) is 56.2 Å². The van der Waals surface area contributed by atoms with Crippen LogP contribution in [0.3, 0.4) is 0 Å². The summed E-state index contributed by atoms with van der Waals surface area (Å²) in [5.41, 5.74) is 2.16. The number of benzene rings is 2. The van der Waals surface area contributed by atoms with Crippen molar-refractivity contribution >= 4 is 28.9 Å². The van der Waals surface area contributed by atoms with Crippen LogP contribution in [-0.2, 0) is 4.79 Å². The number of hydrogen-bond acceptors (Lipinski definition) is 2. The van der Waals surface area contributed by atoms with Crippen LogP contribution in [0.2, 0.25) is 0 Å². The fraction of sp³-hybridized carbons (Fsp3) is 0.316. The van der Waals surface area contributed by atoms with E-state index < -0.39 is 11.0 Å². The number of unbranched alkanes of at least 4 members (excludes halogenated alkanes) is 1. The summed E-state index contributed by atoms with van der Waals surface area (Å²) in [7, 11) is 0. The van der Waals surface area contributed by atoms with Gasteiger partial charge in [0.1, 0.15) is 6.10 Å². The molecule has 0 aliphatic carbocycles. The average molecular weight is 330 g/mol. The van der Waals surface area contributed by atoms with E-state index in [1.165, 1.54) is 0 Å². The highest BCUT2D eigenvalue weighted by Crippen LogP contribution is 2.48. The number of carbonyl (C=O) groups is 1. The summed E-state index contributed by atoms with van der Waals surface area (Å²) in [5, 5.41) is 10.8. The molecule has 0 saturated carbocycles. The number of anilines is 2. The number of hydrogen-bond donors (Lipinski definition) is 1. The predicted molar refractivity (Wildman–Crippen MR) is 93.1 cm³/mol. The number of para-hydroxylation sites is 2. The Labute approximate surface area is 141 Å². The molecule has 0 saturated heterocycles. The smallest absolute Gasteiger partial charge is 0.255 e. The van der Waals surface area contributed by atoms with E-state index in [-0.39, 0.29) is 5.91 Å². The van der Waals surface area contributed by atoms with E-state index in [4.69, 9.17) is 11.6 Å². The van der Waals surface area contributed by atoms with Crippen molar-refractivity contribution in [2.75, 3.05) is 4.90 Å². The summed E-state index contributed by atoms with van der Waals surface area (Å²) >= 11 is 6.69. The molecule has 0 bridgehead atoms. The van der Waals surface area contributed by atoms with Gasteiger partial charge in [0.15, 0.2) is 4.87 Å². The van der Waals surface area contributed by atoms with Crippen molar-refractivity contribution in [2.24, 2.45) is 0 Å². The van der Waals surface area contributed by atoms with Gasteiger partial charge in [-0.3, -0.25) is 9.69 Å². The number of alkyl halides is 1. The monoisotopic (exact) mass is 329 g/mol. The first kappa shape index (κ1) is 16.0. The zero-order valence-corrected chi connectivity index (χ0v) is 13.8. The van der Waals surface area contributed by atoms with Crippen LogP contribution in [0.1, 0.15) is 37.9 Å². The second-order valence-electron chi connectivity index (χ2n) is 5.90. The van der Waals surface area contributed by atoms with Crippen LogP contribution in [0, 0.1) is 0 Å². The highest BCUT2D eigenvalue weighted by atomic mass is 35.5. The Morgan fingerprint density at radius 3 is 2.48 bits per heavy atom. The molecule has 0 spiro atoms. The van der Waals surface area contributed by atoms with Crippen molar-refractivity contribution in [2.45, 2.75) is 37.2 Å². The van der Waals surface area contributed by atoms with Crippen LogP contribution >= 0.6 is 11.6 Å². The molecule has 2 atom stereocenters. The lowest BCUT2D eigenvalue weighted by atomic mass is 9.84. The summed E-state index contributed by atoms with van der Waals surface area (Å²) in [6.45, 7) is 2.04. The fourth-order valence-corrected chi connectivity index (χ4v) is 3.43. The minimum absolute atomic E-state index is 0.259. The zero-order valence-electron chi connectivity index (χ0n) is 13.1. The van der Waals surface area contributed by atoms with Crippen molar-refractivity contribution in [1.29, 1.82) is 0 Å². The van der Waals surface area contributed by atoms with Crippen molar-refractivity contribution in [3.63, 3.8) is 0 Å². The normalized spacial score (nSPS) is 23.7. The molecule has 0 unspecified atom stereocenters. The Balaban J connectivity index is 2.15. The minimum atomic E-state index is -1.32. The number of fused-ring (bicyclic) bond motifs is 1. The van der Waals surface area contributed by atoms with Crippen molar-refractivity contribution in [1.82, 2.24) is 0 Å². The first-order valence-corrected chi connectivity index (χ1v) is 8.33. The van der Waals surface area contributed by atoms with Crippen LogP contribution in [0.4, 0.5) is 11.4 Å². The van der Waals surface area contributed by atoms with Crippen molar-refractivity contribution in [3.8, 4) is 0 Å².